The van der Waals surface area contributed by atoms with Crippen molar-refractivity contribution < 1.29 is 19.3 Å². The molecule has 0 radical (unpaired) electrons. The lowest BCUT2D eigenvalue weighted by Gasteiger charge is -2.21. The summed E-state index contributed by atoms with van der Waals surface area (Å²) in [6.07, 6.45) is -0.593. The number of hydrogen-bond acceptors (Lipinski definition) is 5. The zero-order valence-corrected chi connectivity index (χ0v) is 11.3. The number of alkyl halides is 1. The van der Waals surface area contributed by atoms with Gasteiger partial charge in [-0.15, -0.1) is 0 Å². The summed E-state index contributed by atoms with van der Waals surface area (Å²) in [5.74, 6) is 0.633. The molecule has 0 aromatic carbocycles. The highest BCUT2D eigenvalue weighted by atomic mass is 19.1. The maximum Gasteiger partial charge on any atom is 0.178 e. The molecule has 1 saturated heterocycles. The minimum Gasteiger partial charge on any atom is -0.381 e. The van der Waals surface area contributed by atoms with E-state index in [-0.39, 0.29) is 0 Å². The molecule has 3 heterocycles. The molecular formula is C14H19FN2O3. The van der Waals surface area contributed by atoms with Gasteiger partial charge in [-0.05, 0) is 24.5 Å². The number of aromatic nitrogens is 1. The summed E-state index contributed by atoms with van der Waals surface area (Å²) < 4.78 is 18.8. The van der Waals surface area contributed by atoms with Crippen molar-refractivity contribution in [1.29, 1.82) is 0 Å². The van der Waals surface area contributed by atoms with Crippen LogP contribution in [0.4, 0.5) is 10.2 Å². The van der Waals surface area contributed by atoms with E-state index in [2.05, 4.69) is 4.98 Å². The number of aliphatic hydroxyl groups is 2. The Bertz CT molecular complexity index is 496. The second kappa shape index (κ2) is 5.63. The van der Waals surface area contributed by atoms with Crippen LogP contribution >= 0.6 is 0 Å². The van der Waals surface area contributed by atoms with Crippen molar-refractivity contribution in [2.45, 2.75) is 31.7 Å². The number of nitrogens with zero attached hydrogens (tertiary/aromatic N) is 2. The highest BCUT2D eigenvalue weighted by molar-refractivity contribution is 5.48. The van der Waals surface area contributed by atoms with Crippen molar-refractivity contribution in [3.63, 3.8) is 0 Å². The van der Waals surface area contributed by atoms with E-state index in [1.54, 1.807) is 6.07 Å². The Labute approximate surface area is 117 Å². The average molecular weight is 282 g/mol. The summed E-state index contributed by atoms with van der Waals surface area (Å²) in [7, 11) is 0. The Morgan fingerprint density at radius 1 is 1.35 bits per heavy atom. The lowest BCUT2D eigenvalue weighted by Crippen LogP contribution is -2.23. The van der Waals surface area contributed by atoms with Crippen molar-refractivity contribution in [1.82, 2.24) is 4.98 Å². The third-order valence-electron chi connectivity index (χ3n) is 3.94. The summed E-state index contributed by atoms with van der Waals surface area (Å²) in [6.45, 7) is 2.08. The third kappa shape index (κ3) is 2.63. The van der Waals surface area contributed by atoms with E-state index in [0.29, 0.717) is 56.9 Å². The lowest BCUT2D eigenvalue weighted by molar-refractivity contribution is -0.0432. The van der Waals surface area contributed by atoms with E-state index >= 15 is 0 Å². The van der Waals surface area contributed by atoms with Gasteiger partial charge in [-0.1, -0.05) is 0 Å². The fraction of sp³-hybridized carbons (Fsp3) is 0.643. The van der Waals surface area contributed by atoms with Crippen LogP contribution in [0.1, 0.15) is 29.5 Å². The zero-order valence-electron chi connectivity index (χ0n) is 11.3. The summed E-state index contributed by atoms with van der Waals surface area (Å²) in [4.78, 5) is 6.45. The van der Waals surface area contributed by atoms with E-state index in [0.717, 1.165) is 11.3 Å². The quantitative estimate of drug-likeness (QED) is 0.783. The van der Waals surface area contributed by atoms with Crippen LogP contribution in [0.5, 0.6) is 0 Å². The predicted molar refractivity (Wildman–Crippen MR) is 71.4 cm³/mol. The van der Waals surface area contributed by atoms with Crippen LogP contribution in [-0.2, 0) is 17.6 Å². The summed E-state index contributed by atoms with van der Waals surface area (Å²) in [6, 6.07) is 1.67. The van der Waals surface area contributed by atoms with E-state index in [9.17, 15) is 14.6 Å². The van der Waals surface area contributed by atoms with Gasteiger partial charge in [0.25, 0.3) is 0 Å². The monoisotopic (exact) mass is 282 g/mol. The molecule has 0 saturated carbocycles. The van der Waals surface area contributed by atoms with Crippen molar-refractivity contribution in [3.05, 3.63) is 22.9 Å². The Morgan fingerprint density at radius 2 is 2.15 bits per heavy atom. The third-order valence-corrected chi connectivity index (χ3v) is 3.94. The zero-order chi connectivity index (χ0) is 14.1. The molecule has 6 heteroatoms. The van der Waals surface area contributed by atoms with Gasteiger partial charge in [-0.25, -0.2) is 9.37 Å². The van der Waals surface area contributed by atoms with Gasteiger partial charge in [0.05, 0.1) is 19.8 Å². The molecule has 3 rings (SSSR count). The highest BCUT2D eigenvalue weighted by Crippen LogP contribution is 2.29. The number of ether oxygens (including phenoxy) is 1. The molecular weight excluding hydrogens is 263 g/mol. The molecule has 1 aromatic heterocycles. The maximum atomic E-state index is 13.3. The van der Waals surface area contributed by atoms with Gasteiger partial charge in [0.2, 0.25) is 0 Å². The summed E-state index contributed by atoms with van der Waals surface area (Å²) >= 11 is 0. The van der Waals surface area contributed by atoms with Crippen LogP contribution in [0.2, 0.25) is 0 Å². The van der Waals surface area contributed by atoms with Crippen molar-refractivity contribution in [2.24, 2.45) is 0 Å². The Kier molecular flexibility index (Phi) is 3.87. The number of hydrogen-bond donors (Lipinski definition) is 2. The van der Waals surface area contributed by atoms with Crippen LogP contribution in [0.15, 0.2) is 6.07 Å². The number of halogens is 1. The van der Waals surface area contributed by atoms with Crippen molar-refractivity contribution in [2.75, 3.05) is 31.2 Å². The molecule has 2 N–H and O–H groups in total. The molecule has 0 aliphatic carbocycles. The molecule has 1 atom stereocenters. The van der Waals surface area contributed by atoms with E-state index in [1.807, 2.05) is 4.90 Å². The first-order valence-electron chi connectivity index (χ1n) is 7.00. The number of fused-ring (bicyclic) bond motifs is 1. The average Bonchev–Trinajstić information content (AvgIpc) is 2.72. The summed E-state index contributed by atoms with van der Waals surface area (Å²) in [5, 5.41) is 19.2. The van der Waals surface area contributed by atoms with Gasteiger partial charge < -0.3 is 19.8 Å². The second-order valence-corrected chi connectivity index (χ2v) is 5.31. The fourth-order valence-electron chi connectivity index (χ4n) is 2.89. The van der Waals surface area contributed by atoms with Crippen LogP contribution in [0.3, 0.4) is 0 Å². The number of pyridine rings is 1. The van der Waals surface area contributed by atoms with E-state index < -0.39 is 12.5 Å². The molecule has 2 aliphatic rings. The molecule has 0 spiro atoms. The molecule has 0 unspecified atom stereocenters. The highest BCUT2D eigenvalue weighted by Gasteiger charge is 2.26. The minimum atomic E-state index is -1.53. The molecule has 0 bridgehead atoms. The van der Waals surface area contributed by atoms with Crippen LogP contribution in [-0.4, -0.2) is 47.7 Å². The van der Waals surface area contributed by atoms with E-state index in [4.69, 9.17) is 4.74 Å². The molecule has 1 fully saturated rings. The van der Waals surface area contributed by atoms with Gasteiger partial charge in [0.1, 0.15) is 12.0 Å². The smallest absolute Gasteiger partial charge is 0.178 e. The Morgan fingerprint density at radius 3 is 2.85 bits per heavy atom. The van der Waals surface area contributed by atoms with Crippen molar-refractivity contribution in [3.8, 4) is 0 Å². The standard InChI is InChI=1S/C14H19FN2O3/c15-9-1-4-17(8-9)13-7-11(14(18)19)10-2-5-20-6-3-12(10)16-13/h7,9,14,18-19H,1-6,8H2/t9-/m0/s1. The first-order chi connectivity index (χ1) is 9.65. The number of anilines is 1. The van der Waals surface area contributed by atoms with Gasteiger partial charge in [-0.2, -0.15) is 0 Å². The topological polar surface area (TPSA) is 65.8 Å². The van der Waals surface area contributed by atoms with Gasteiger partial charge >= 0.3 is 0 Å². The number of aliphatic hydroxyl groups excluding tert-OH is 1. The second-order valence-electron chi connectivity index (χ2n) is 5.31. The van der Waals surface area contributed by atoms with Gasteiger partial charge in [0.15, 0.2) is 6.29 Å². The lowest BCUT2D eigenvalue weighted by atomic mass is 10.0. The van der Waals surface area contributed by atoms with Crippen LogP contribution in [0, 0.1) is 0 Å². The Balaban J connectivity index is 1.99. The maximum absolute atomic E-state index is 13.3. The first-order valence-corrected chi connectivity index (χ1v) is 7.00. The summed E-state index contributed by atoms with van der Waals surface area (Å²) in [5.41, 5.74) is 2.17. The Hall–Kier alpha value is -1.24. The van der Waals surface area contributed by atoms with Crippen LogP contribution < -0.4 is 4.90 Å². The molecule has 2 aliphatic heterocycles. The normalized spacial score (nSPS) is 23.0. The molecule has 0 amide bonds. The molecule has 5 nitrogen and oxygen atoms in total. The SMILES string of the molecule is OC(O)c1cc(N2CC[C@H](F)C2)nc2c1CCOCC2. The first kappa shape index (κ1) is 13.7. The van der Waals surface area contributed by atoms with Gasteiger partial charge in [-0.3, -0.25) is 0 Å². The van der Waals surface area contributed by atoms with E-state index in [1.165, 1.54) is 0 Å². The van der Waals surface area contributed by atoms with Crippen molar-refractivity contribution >= 4 is 5.82 Å². The minimum absolute atomic E-state index is 0.323. The molecule has 1 aromatic rings. The molecule has 20 heavy (non-hydrogen) atoms. The predicted octanol–water partition coefficient (Wildman–Crippen LogP) is 0.728. The van der Waals surface area contributed by atoms with Gasteiger partial charge in [0, 0.05) is 24.2 Å². The fourth-order valence-corrected chi connectivity index (χ4v) is 2.89. The largest absolute Gasteiger partial charge is 0.381 e. The number of rotatable bonds is 2. The van der Waals surface area contributed by atoms with Crippen LogP contribution in [0.25, 0.3) is 0 Å². The molecule has 110 valence electrons.